The molecule has 168 valence electrons. The quantitative estimate of drug-likeness (QED) is 0.544. The summed E-state index contributed by atoms with van der Waals surface area (Å²) >= 11 is 0. The Morgan fingerprint density at radius 3 is 2.74 bits per heavy atom. The SMILES string of the molecule is CS(=O)(=O)Nc1cccc(C(=O)NCCCOc2cc(CN3CCCCC3)ccn2)c1. The highest BCUT2D eigenvalue weighted by molar-refractivity contribution is 7.92. The van der Waals surface area contributed by atoms with Crippen LogP contribution < -0.4 is 14.8 Å². The Morgan fingerprint density at radius 1 is 1.16 bits per heavy atom. The highest BCUT2D eigenvalue weighted by Crippen LogP contribution is 2.16. The van der Waals surface area contributed by atoms with Crippen LogP contribution in [-0.2, 0) is 16.6 Å². The second-order valence-corrected chi connectivity index (χ2v) is 9.50. The smallest absolute Gasteiger partial charge is 0.251 e. The van der Waals surface area contributed by atoms with Crippen molar-refractivity contribution in [3.8, 4) is 5.88 Å². The number of carbonyl (C=O) groups excluding carboxylic acids is 1. The monoisotopic (exact) mass is 446 g/mol. The summed E-state index contributed by atoms with van der Waals surface area (Å²) in [5, 5.41) is 2.82. The molecule has 0 bridgehead atoms. The molecule has 0 unspecified atom stereocenters. The van der Waals surface area contributed by atoms with Crippen LogP contribution in [0.2, 0.25) is 0 Å². The molecule has 1 amide bonds. The predicted molar refractivity (Wildman–Crippen MR) is 121 cm³/mol. The van der Waals surface area contributed by atoms with E-state index in [2.05, 4.69) is 19.9 Å². The molecule has 1 aliphatic rings. The molecule has 1 aliphatic heterocycles. The van der Waals surface area contributed by atoms with Gasteiger partial charge in [0.2, 0.25) is 15.9 Å². The number of nitrogens with one attached hydrogen (secondary N) is 2. The molecule has 1 aromatic heterocycles. The molecule has 0 spiro atoms. The van der Waals surface area contributed by atoms with Gasteiger partial charge in [0.25, 0.3) is 5.91 Å². The Kier molecular flexibility index (Phi) is 8.25. The van der Waals surface area contributed by atoms with Gasteiger partial charge in [-0.3, -0.25) is 14.4 Å². The summed E-state index contributed by atoms with van der Waals surface area (Å²) in [5.41, 5.74) is 1.94. The molecule has 1 fully saturated rings. The Hall–Kier alpha value is -2.65. The van der Waals surface area contributed by atoms with E-state index in [1.165, 1.54) is 30.9 Å². The van der Waals surface area contributed by atoms with E-state index in [0.29, 0.717) is 36.7 Å². The maximum Gasteiger partial charge on any atom is 0.251 e. The minimum absolute atomic E-state index is 0.265. The molecule has 8 nitrogen and oxygen atoms in total. The molecule has 2 aromatic rings. The second kappa shape index (κ2) is 11.1. The number of benzene rings is 1. The fourth-order valence-corrected chi connectivity index (χ4v) is 4.05. The largest absolute Gasteiger partial charge is 0.478 e. The van der Waals surface area contributed by atoms with Crippen molar-refractivity contribution in [1.29, 1.82) is 0 Å². The summed E-state index contributed by atoms with van der Waals surface area (Å²) in [6.07, 6.45) is 7.31. The van der Waals surface area contributed by atoms with Gasteiger partial charge < -0.3 is 10.1 Å². The molecule has 31 heavy (non-hydrogen) atoms. The average molecular weight is 447 g/mol. The van der Waals surface area contributed by atoms with Crippen LogP contribution in [0.3, 0.4) is 0 Å². The van der Waals surface area contributed by atoms with Gasteiger partial charge in [-0.2, -0.15) is 0 Å². The number of aromatic nitrogens is 1. The lowest BCUT2D eigenvalue weighted by atomic mass is 10.1. The fourth-order valence-electron chi connectivity index (χ4n) is 3.49. The minimum Gasteiger partial charge on any atom is -0.478 e. The lowest BCUT2D eigenvalue weighted by molar-refractivity contribution is 0.0951. The zero-order valence-electron chi connectivity index (χ0n) is 17.8. The number of amides is 1. The Bertz CT molecular complexity index is 975. The maximum absolute atomic E-state index is 12.3. The third-order valence-electron chi connectivity index (χ3n) is 4.94. The highest BCUT2D eigenvalue weighted by atomic mass is 32.2. The van der Waals surface area contributed by atoms with Gasteiger partial charge >= 0.3 is 0 Å². The molecule has 0 atom stereocenters. The van der Waals surface area contributed by atoms with E-state index in [1.807, 2.05) is 12.1 Å². The summed E-state index contributed by atoms with van der Waals surface area (Å²) in [5.74, 6) is 0.333. The summed E-state index contributed by atoms with van der Waals surface area (Å²) in [7, 11) is -3.39. The van der Waals surface area contributed by atoms with Crippen molar-refractivity contribution in [1.82, 2.24) is 15.2 Å². The summed E-state index contributed by atoms with van der Waals surface area (Å²) in [6.45, 7) is 4.09. The number of carbonyl (C=O) groups is 1. The number of pyridine rings is 1. The van der Waals surface area contributed by atoms with Gasteiger partial charge in [-0.15, -0.1) is 0 Å². The number of likely N-dealkylation sites (tertiary alicyclic amines) is 1. The molecule has 1 aromatic carbocycles. The molecule has 2 N–H and O–H groups in total. The zero-order valence-corrected chi connectivity index (χ0v) is 18.7. The van der Waals surface area contributed by atoms with Crippen LogP contribution in [-0.4, -0.2) is 56.7 Å². The van der Waals surface area contributed by atoms with E-state index in [9.17, 15) is 13.2 Å². The van der Waals surface area contributed by atoms with E-state index in [0.717, 1.165) is 25.9 Å². The van der Waals surface area contributed by atoms with E-state index in [1.54, 1.807) is 24.4 Å². The normalized spacial score (nSPS) is 14.7. The number of piperidine rings is 1. The van der Waals surface area contributed by atoms with Crippen molar-refractivity contribution in [3.63, 3.8) is 0 Å². The van der Waals surface area contributed by atoms with Gasteiger partial charge in [0, 0.05) is 36.6 Å². The Labute approximate surface area is 184 Å². The molecule has 1 saturated heterocycles. The van der Waals surface area contributed by atoms with Crippen molar-refractivity contribution < 1.29 is 17.9 Å². The molecular formula is C22H30N4O4S. The second-order valence-electron chi connectivity index (χ2n) is 7.75. The van der Waals surface area contributed by atoms with Crippen molar-refractivity contribution in [2.24, 2.45) is 0 Å². The fraction of sp³-hybridized carbons (Fsp3) is 0.455. The Morgan fingerprint density at radius 2 is 1.97 bits per heavy atom. The first-order valence-electron chi connectivity index (χ1n) is 10.6. The zero-order chi connectivity index (χ0) is 22.1. The first kappa shape index (κ1) is 23.0. The van der Waals surface area contributed by atoms with E-state index < -0.39 is 10.0 Å². The molecule has 9 heteroatoms. The van der Waals surface area contributed by atoms with Crippen LogP contribution in [0.4, 0.5) is 5.69 Å². The number of hydrogen-bond acceptors (Lipinski definition) is 6. The third-order valence-corrected chi connectivity index (χ3v) is 5.55. The molecule has 2 heterocycles. The van der Waals surface area contributed by atoms with Gasteiger partial charge in [0.15, 0.2) is 0 Å². The number of hydrogen-bond donors (Lipinski definition) is 2. The minimum atomic E-state index is -3.39. The van der Waals surface area contributed by atoms with E-state index in [4.69, 9.17) is 4.74 Å². The average Bonchev–Trinajstić information content (AvgIpc) is 2.73. The maximum atomic E-state index is 12.3. The number of sulfonamides is 1. The number of nitrogens with zero attached hydrogens (tertiary/aromatic N) is 2. The van der Waals surface area contributed by atoms with Crippen LogP contribution in [0, 0.1) is 0 Å². The number of rotatable bonds is 10. The van der Waals surface area contributed by atoms with Crippen molar-refractivity contribution in [2.45, 2.75) is 32.2 Å². The van der Waals surface area contributed by atoms with Gasteiger partial charge in [0.1, 0.15) is 0 Å². The van der Waals surface area contributed by atoms with Crippen molar-refractivity contribution in [3.05, 3.63) is 53.7 Å². The Balaban J connectivity index is 1.39. The lowest BCUT2D eigenvalue weighted by Gasteiger charge is -2.26. The summed E-state index contributed by atoms with van der Waals surface area (Å²) in [4.78, 5) is 19.0. The van der Waals surface area contributed by atoms with Crippen LogP contribution in [0.25, 0.3) is 0 Å². The van der Waals surface area contributed by atoms with Gasteiger partial charge in [-0.1, -0.05) is 12.5 Å². The van der Waals surface area contributed by atoms with Gasteiger partial charge in [-0.25, -0.2) is 13.4 Å². The molecule has 0 saturated carbocycles. The molecule has 3 rings (SSSR count). The van der Waals surface area contributed by atoms with E-state index >= 15 is 0 Å². The topological polar surface area (TPSA) is 101 Å². The summed E-state index contributed by atoms with van der Waals surface area (Å²) in [6, 6.07) is 10.4. The van der Waals surface area contributed by atoms with Crippen LogP contribution >= 0.6 is 0 Å². The van der Waals surface area contributed by atoms with Crippen molar-refractivity contribution in [2.75, 3.05) is 37.2 Å². The molecule has 0 aliphatic carbocycles. The van der Waals surface area contributed by atoms with Crippen LogP contribution in [0.15, 0.2) is 42.6 Å². The number of ether oxygens (including phenoxy) is 1. The molecule has 0 radical (unpaired) electrons. The van der Waals surface area contributed by atoms with Crippen LogP contribution in [0.5, 0.6) is 5.88 Å². The number of anilines is 1. The molecular weight excluding hydrogens is 416 g/mol. The third kappa shape index (κ3) is 8.18. The standard InChI is InChI=1S/C22H30N4O4S/c1-31(28,29)25-20-8-5-7-19(16-20)22(27)24-10-6-14-30-21-15-18(9-11-23-21)17-26-12-3-2-4-13-26/h5,7-9,11,15-16,25H,2-4,6,10,12-14,17H2,1H3,(H,24,27). The van der Waals surface area contributed by atoms with E-state index in [-0.39, 0.29) is 5.91 Å². The highest BCUT2D eigenvalue weighted by Gasteiger charge is 2.11. The summed E-state index contributed by atoms with van der Waals surface area (Å²) < 4.78 is 30.8. The van der Waals surface area contributed by atoms with Crippen LogP contribution in [0.1, 0.15) is 41.6 Å². The van der Waals surface area contributed by atoms with Gasteiger partial charge in [0.05, 0.1) is 12.9 Å². The van der Waals surface area contributed by atoms with Gasteiger partial charge in [-0.05, 0) is 62.2 Å². The predicted octanol–water partition coefficient (Wildman–Crippen LogP) is 2.64. The first-order valence-corrected chi connectivity index (χ1v) is 12.4. The lowest BCUT2D eigenvalue weighted by Crippen LogP contribution is -2.29. The first-order chi connectivity index (χ1) is 14.9. The van der Waals surface area contributed by atoms with Crippen molar-refractivity contribution >= 4 is 21.6 Å².